The monoisotopic (exact) mass is 414 g/mol. The van der Waals surface area contributed by atoms with E-state index in [1.165, 1.54) is 11.8 Å². The lowest BCUT2D eigenvalue weighted by molar-refractivity contribution is -0.115. The molecule has 3 aromatic heterocycles. The number of para-hydroxylation sites is 1. The summed E-state index contributed by atoms with van der Waals surface area (Å²) in [6.45, 7) is 0.110. The molecule has 148 valence electrons. The Bertz CT molecular complexity index is 1130. The molecule has 0 saturated heterocycles. The minimum atomic E-state index is 0.00760. The van der Waals surface area contributed by atoms with Crippen LogP contribution >= 0.6 is 11.8 Å². The largest absolute Gasteiger partial charge is 0.297 e. The lowest BCUT2D eigenvalue weighted by atomic mass is 10.2. The lowest BCUT2D eigenvalue weighted by Gasteiger charge is -2.09. The van der Waals surface area contributed by atoms with Crippen LogP contribution in [0.5, 0.6) is 0 Å². The summed E-state index contributed by atoms with van der Waals surface area (Å²) in [7, 11) is 0. The maximum absolute atomic E-state index is 12.3. The zero-order valence-corrected chi connectivity index (χ0v) is 16.8. The Balaban J connectivity index is 1.49. The lowest BCUT2D eigenvalue weighted by Crippen LogP contribution is -2.07. The third kappa shape index (κ3) is 4.84. The van der Waals surface area contributed by atoms with E-state index in [0.717, 1.165) is 16.8 Å². The van der Waals surface area contributed by atoms with Gasteiger partial charge in [-0.2, -0.15) is 0 Å². The molecule has 0 atom stereocenters. The Morgan fingerprint density at radius 3 is 2.57 bits per heavy atom. The normalized spacial score (nSPS) is 11.1. The average molecular weight is 414 g/mol. The number of hydrogen-bond acceptors (Lipinski definition) is 7. The van der Waals surface area contributed by atoms with Crippen LogP contribution in [0.4, 0.5) is 0 Å². The quantitative estimate of drug-likeness (QED) is 0.324. The number of nitrogens with zero attached hydrogens (tertiary/aromatic N) is 6. The van der Waals surface area contributed by atoms with Crippen LogP contribution in [0.1, 0.15) is 5.56 Å². The third-order valence-electron chi connectivity index (χ3n) is 4.14. The number of aliphatic imine (C=N–C) groups is 1. The minimum Gasteiger partial charge on any atom is -0.297 e. The Labute approximate surface area is 178 Å². The topological polar surface area (TPSA) is 85.9 Å². The van der Waals surface area contributed by atoms with E-state index < -0.39 is 0 Å². The van der Waals surface area contributed by atoms with Gasteiger partial charge in [0.2, 0.25) is 0 Å². The first-order valence-corrected chi connectivity index (χ1v) is 10.3. The number of hydrogen-bond donors (Lipinski definition) is 0. The molecule has 30 heavy (non-hydrogen) atoms. The fraction of sp³-hybridized carbons (Fsp3) is 0.0909. The van der Waals surface area contributed by atoms with Crippen molar-refractivity contribution in [1.82, 2.24) is 24.7 Å². The van der Waals surface area contributed by atoms with Crippen molar-refractivity contribution >= 4 is 23.8 Å². The van der Waals surface area contributed by atoms with Crippen molar-refractivity contribution in [3.63, 3.8) is 0 Å². The highest BCUT2D eigenvalue weighted by Crippen LogP contribution is 2.27. The number of Topliss-reactive ketones (excluding diaryl/α,β-unsaturated/α-hetero) is 1. The third-order valence-corrected chi connectivity index (χ3v) is 5.13. The molecule has 0 amide bonds. The molecule has 4 rings (SSSR count). The smallest absolute Gasteiger partial charge is 0.196 e. The van der Waals surface area contributed by atoms with Gasteiger partial charge in [-0.1, -0.05) is 36.0 Å². The van der Waals surface area contributed by atoms with Gasteiger partial charge in [0.15, 0.2) is 16.8 Å². The predicted molar refractivity (Wildman–Crippen MR) is 117 cm³/mol. The van der Waals surface area contributed by atoms with Gasteiger partial charge in [-0.15, -0.1) is 10.2 Å². The second-order valence-electron chi connectivity index (χ2n) is 6.30. The van der Waals surface area contributed by atoms with Crippen molar-refractivity contribution in [1.29, 1.82) is 0 Å². The van der Waals surface area contributed by atoms with E-state index in [4.69, 9.17) is 0 Å². The maximum Gasteiger partial charge on any atom is 0.196 e. The van der Waals surface area contributed by atoms with Crippen LogP contribution < -0.4 is 0 Å². The van der Waals surface area contributed by atoms with Gasteiger partial charge in [0.05, 0.1) is 12.3 Å². The van der Waals surface area contributed by atoms with Gasteiger partial charge in [-0.25, -0.2) is 0 Å². The predicted octanol–water partition coefficient (Wildman–Crippen LogP) is 3.50. The number of carbonyl (C=O) groups excluding carboxylic acids is 1. The number of thioether (sulfide) groups is 1. The molecule has 0 aliphatic carbocycles. The summed E-state index contributed by atoms with van der Waals surface area (Å²) < 4.78 is 1.95. The van der Waals surface area contributed by atoms with E-state index in [2.05, 4.69) is 25.2 Å². The Morgan fingerprint density at radius 1 is 0.967 bits per heavy atom. The Kier molecular flexibility index (Phi) is 6.36. The van der Waals surface area contributed by atoms with Gasteiger partial charge in [0.25, 0.3) is 0 Å². The number of carbonyl (C=O) groups is 1. The summed E-state index contributed by atoms with van der Waals surface area (Å²) in [6, 6.07) is 17.3. The standard InChI is InChI=1S/C22H18N6OS/c29-20(15-25-14-17-5-4-10-24-13-17)16-30-22-27-26-21(18-8-11-23-12-9-18)28(22)19-6-2-1-3-7-19/h1-14H,15-16H2. The molecule has 0 saturated carbocycles. The summed E-state index contributed by atoms with van der Waals surface area (Å²) in [4.78, 5) is 24.6. The first kappa shape index (κ1) is 19.7. The van der Waals surface area contributed by atoms with Crippen LogP contribution in [-0.4, -0.2) is 49.0 Å². The Morgan fingerprint density at radius 2 is 1.80 bits per heavy atom. The van der Waals surface area contributed by atoms with Crippen LogP contribution in [0.25, 0.3) is 17.1 Å². The summed E-state index contributed by atoms with van der Waals surface area (Å²) >= 11 is 1.35. The van der Waals surface area contributed by atoms with E-state index in [0.29, 0.717) is 11.0 Å². The maximum atomic E-state index is 12.3. The second kappa shape index (κ2) is 9.71. The minimum absolute atomic E-state index is 0.00760. The molecule has 1 aromatic carbocycles. The first-order valence-electron chi connectivity index (χ1n) is 9.27. The highest BCUT2D eigenvalue weighted by Gasteiger charge is 2.17. The van der Waals surface area contributed by atoms with E-state index >= 15 is 0 Å². The molecule has 3 heterocycles. The zero-order chi connectivity index (χ0) is 20.6. The average Bonchev–Trinajstić information content (AvgIpc) is 3.23. The van der Waals surface area contributed by atoms with Crippen molar-refractivity contribution in [3.8, 4) is 17.1 Å². The van der Waals surface area contributed by atoms with Crippen molar-refractivity contribution in [3.05, 3.63) is 84.9 Å². The van der Waals surface area contributed by atoms with Crippen LogP contribution in [-0.2, 0) is 4.79 Å². The summed E-state index contributed by atoms with van der Waals surface area (Å²) in [5.74, 6) is 0.965. The highest BCUT2D eigenvalue weighted by molar-refractivity contribution is 7.99. The van der Waals surface area contributed by atoms with Gasteiger partial charge in [-0.05, 0) is 30.3 Å². The SMILES string of the molecule is O=C(CN=Cc1cccnc1)CSc1nnc(-c2ccncc2)n1-c1ccccc1. The summed E-state index contributed by atoms with van der Waals surface area (Å²) in [5.41, 5.74) is 2.70. The number of pyridine rings is 2. The molecule has 7 nitrogen and oxygen atoms in total. The molecule has 0 N–H and O–H groups in total. The summed E-state index contributed by atoms with van der Waals surface area (Å²) in [5, 5.41) is 9.33. The zero-order valence-electron chi connectivity index (χ0n) is 16.0. The van der Waals surface area contributed by atoms with Crippen LogP contribution in [0.3, 0.4) is 0 Å². The van der Waals surface area contributed by atoms with E-state index in [1.54, 1.807) is 31.0 Å². The molecule has 0 spiro atoms. The van der Waals surface area contributed by atoms with E-state index in [9.17, 15) is 4.79 Å². The van der Waals surface area contributed by atoms with Gasteiger partial charge in [-0.3, -0.25) is 24.3 Å². The first-order chi connectivity index (χ1) is 14.8. The van der Waals surface area contributed by atoms with E-state index in [-0.39, 0.29) is 18.1 Å². The van der Waals surface area contributed by atoms with Gasteiger partial charge < -0.3 is 0 Å². The van der Waals surface area contributed by atoms with Gasteiger partial charge in [0.1, 0.15) is 0 Å². The second-order valence-corrected chi connectivity index (χ2v) is 7.24. The molecule has 0 aliphatic rings. The van der Waals surface area contributed by atoms with Crippen LogP contribution in [0, 0.1) is 0 Å². The van der Waals surface area contributed by atoms with Crippen molar-refractivity contribution in [2.75, 3.05) is 12.3 Å². The number of ketones is 1. The molecule has 0 fully saturated rings. The number of benzene rings is 1. The van der Waals surface area contributed by atoms with Crippen LogP contribution in [0.2, 0.25) is 0 Å². The fourth-order valence-electron chi connectivity index (χ4n) is 2.76. The Hall–Kier alpha value is -3.65. The molecular weight excluding hydrogens is 396 g/mol. The number of aromatic nitrogens is 5. The molecular formula is C22H18N6OS. The highest BCUT2D eigenvalue weighted by atomic mass is 32.2. The van der Waals surface area contributed by atoms with Crippen molar-refractivity contribution in [2.24, 2.45) is 4.99 Å². The van der Waals surface area contributed by atoms with Crippen molar-refractivity contribution in [2.45, 2.75) is 5.16 Å². The summed E-state index contributed by atoms with van der Waals surface area (Å²) in [6.07, 6.45) is 8.49. The molecule has 0 unspecified atom stereocenters. The molecule has 8 heteroatoms. The van der Waals surface area contributed by atoms with Crippen LogP contribution in [0.15, 0.2) is 89.5 Å². The fourth-order valence-corrected chi connectivity index (χ4v) is 3.56. The van der Waals surface area contributed by atoms with Gasteiger partial charge >= 0.3 is 0 Å². The molecule has 0 aliphatic heterocycles. The molecule has 0 radical (unpaired) electrons. The molecule has 4 aromatic rings. The van der Waals surface area contributed by atoms with E-state index in [1.807, 2.05) is 59.2 Å². The van der Waals surface area contributed by atoms with Crippen molar-refractivity contribution < 1.29 is 4.79 Å². The number of rotatable bonds is 8. The van der Waals surface area contributed by atoms with Gasteiger partial charge in [0, 0.05) is 47.8 Å². The molecule has 0 bridgehead atoms.